The number of benzene rings is 1. The topological polar surface area (TPSA) is 43.7 Å². The van der Waals surface area contributed by atoms with Crippen molar-refractivity contribution in [1.82, 2.24) is 4.90 Å². The van der Waals surface area contributed by atoms with Gasteiger partial charge in [-0.1, -0.05) is 13.8 Å². The summed E-state index contributed by atoms with van der Waals surface area (Å²) < 4.78 is 0. The Hall–Kier alpha value is -1.22. The first-order valence-corrected chi connectivity index (χ1v) is 7.42. The van der Waals surface area contributed by atoms with Crippen LogP contribution in [-0.2, 0) is 6.42 Å². The standard InChI is InChI=1S/C16H25NO2/c1-3-7-17(8-4-2)11-13-6-5-12-9-15(18)16(19)10-14(12)13/h9-10,13,18-19H,3-8,11H2,1-2H3/t13-/m1/s1. The zero-order valence-electron chi connectivity index (χ0n) is 12.0. The van der Waals surface area contributed by atoms with Gasteiger partial charge in [-0.3, -0.25) is 0 Å². The molecule has 3 nitrogen and oxygen atoms in total. The van der Waals surface area contributed by atoms with Gasteiger partial charge in [-0.2, -0.15) is 0 Å². The molecule has 0 saturated carbocycles. The maximum absolute atomic E-state index is 9.68. The highest BCUT2D eigenvalue weighted by atomic mass is 16.3. The predicted octanol–water partition coefficient (Wildman–Crippen LogP) is 3.25. The third-order valence-electron chi connectivity index (χ3n) is 4.00. The van der Waals surface area contributed by atoms with E-state index < -0.39 is 0 Å². The van der Waals surface area contributed by atoms with E-state index >= 15 is 0 Å². The fourth-order valence-corrected chi connectivity index (χ4v) is 3.15. The number of hydrogen-bond acceptors (Lipinski definition) is 3. The molecule has 2 rings (SSSR count). The average molecular weight is 263 g/mol. The van der Waals surface area contributed by atoms with Crippen LogP contribution in [0.25, 0.3) is 0 Å². The van der Waals surface area contributed by atoms with Crippen LogP contribution >= 0.6 is 0 Å². The van der Waals surface area contributed by atoms with Crippen molar-refractivity contribution in [3.63, 3.8) is 0 Å². The third-order valence-corrected chi connectivity index (χ3v) is 4.00. The van der Waals surface area contributed by atoms with Crippen LogP contribution in [0.5, 0.6) is 11.5 Å². The first-order chi connectivity index (χ1) is 9.15. The summed E-state index contributed by atoms with van der Waals surface area (Å²) in [5, 5.41) is 19.2. The Labute approximate surface area is 115 Å². The lowest BCUT2D eigenvalue weighted by Gasteiger charge is -2.25. The van der Waals surface area contributed by atoms with Gasteiger partial charge in [0.15, 0.2) is 11.5 Å². The number of aryl methyl sites for hydroxylation is 1. The molecule has 0 bridgehead atoms. The number of phenolic OH excluding ortho intramolecular Hbond substituents is 2. The van der Waals surface area contributed by atoms with Crippen molar-refractivity contribution in [2.75, 3.05) is 19.6 Å². The number of fused-ring (bicyclic) bond motifs is 1. The molecule has 1 aromatic carbocycles. The van der Waals surface area contributed by atoms with E-state index in [0.717, 1.165) is 32.5 Å². The molecule has 0 aromatic heterocycles. The second kappa shape index (κ2) is 6.29. The number of phenols is 2. The number of nitrogens with zero attached hydrogens (tertiary/aromatic N) is 1. The van der Waals surface area contributed by atoms with E-state index in [9.17, 15) is 10.2 Å². The van der Waals surface area contributed by atoms with Crippen LogP contribution in [0.3, 0.4) is 0 Å². The molecule has 0 unspecified atom stereocenters. The van der Waals surface area contributed by atoms with Gasteiger partial charge in [-0.05, 0) is 68.0 Å². The van der Waals surface area contributed by atoms with Crippen molar-refractivity contribution >= 4 is 0 Å². The molecule has 0 amide bonds. The molecule has 1 aromatic rings. The van der Waals surface area contributed by atoms with Gasteiger partial charge in [0.05, 0.1) is 0 Å². The number of hydrogen-bond donors (Lipinski definition) is 2. The predicted molar refractivity (Wildman–Crippen MR) is 77.9 cm³/mol. The highest BCUT2D eigenvalue weighted by molar-refractivity contribution is 5.49. The lowest BCUT2D eigenvalue weighted by molar-refractivity contribution is 0.256. The lowest BCUT2D eigenvalue weighted by atomic mass is 10.00. The van der Waals surface area contributed by atoms with Crippen molar-refractivity contribution in [2.45, 2.75) is 45.4 Å². The molecule has 0 aliphatic heterocycles. The molecule has 1 aliphatic carbocycles. The molecule has 0 heterocycles. The summed E-state index contributed by atoms with van der Waals surface area (Å²) in [5.74, 6) is 0.529. The van der Waals surface area contributed by atoms with E-state index in [2.05, 4.69) is 18.7 Å². The Kier molecular flexibility index (Phi) is 4.70. The largest absolute Gasteiger partial charge is 0.504 e. The second-order valence-electron chi connectivity index (χ2n) is 5.58. The normalized spacial score (nSPS) is 17.9. The molecular formula is C16H25NO2. The molecule has 1 atom stereocenters. The SMILES string of the molecule is CCCN(CCC)C[C@H]1CCc2cc(O)c(O)cc21. The van der Waals surface area contributed by atoms with Crippen LogP contribution < -0.4 is 0 Å². The monoisotopic (exact) mass is 263 g/mol. The van der Waals surface area contributed by atoms with Gasteiger partial charge in [-0.25, -0.2) is 0 Å². The molecule has 1 aliphatic rings. The Morgan fingerprint density at radius 3 is 2.37 bits per heavy atom. The van der Waals surface area contributed by atoms with Crippen LogP contribution in [0.2, 0.25) is 0 Å². The van der Waals surface area contributed by atoms with E-state index in [1.54, 1.807) is 12.1 Å². The Morgan fingerprint density at radius 2 is 1.74 bits per heavy atom. The highest BCUT2D eigenvalue weighted by Gasteiger charge is 2.25. The third kappa shape index (κ3) is 3.21. The first kappa shape index (κ1) is 14.2. The minimum absolute atomic E-state index is 0.0124. The minimum atomic E-state index is 0.0124. The highest BCUT2D eigenvalue weighted by Crippen LogP contribution is 2.39. The Morgan fingerprint density at radius 1 is 1.11 bits per heavy atom. The molecule has 2 N–H and O–H groups in total. The van der Waals surface area contributed by atoms with Gasteiger partial charge in [0.1, 0.15) is 0 Å². The molecule has 0 fully saturated rings. The van der Waals surface area contributed by atoms with Gasteiger partial charge in [0.2, 0.25) is 0 Å². The van der Waals surface area contributed by atoms with Gasteiger partial charge in [0, 0.05) is 6.54 Å². The van der Waals surface area contributed by atoms with E-state index in [-0.39, 0.29) is 11.5 Å². The van der Waals surface area contributed by atoms with Crippen LogP contribution in [0.15, 0.2) is 12.1 Å². The van der Waals surface area contributed by atoms with E-state index in [4.69, 9.17) is 0 Å². The van der Waals surface area contributed by atoms with Crippen molar-refractivity contribution in [3.8, 4) is 11.5 Å². The van der Waals surface area contributed by atoms with E-state index in [1.807, 2.05) is 0 Å². The molecule has 0 spiro atoms. The molecule has 106 valence electrons. The first-order valence-electron chi connectivity index (χ1n) is 7.42. The Balaban J connectivity index is 2.10. The quantitative estimate of drug-likeness (QED) is 0.774. The van der Waals surface area contributed by atoms with Gasteiger partial charge < -0.3 is 15.1 Å². The van der Waals surface area contributed by atoms with Crippen molar-refractivity contribution in [1.29, 1.82) is 0 Å². The molecule has 3 heteroatoms. The van der Waals surface area contributed by atoms with Crippen molar-refractivity contribution in [2.24, 2.45) is 0 Å². The van der Waals surface area contributed by atoms with E-state index in [1.165, 1.54) is 24.0 Å². The van der Waals surface area contributed by atoms with Crippen LogP contribution in [0, 0.1) is 0 Å². The summed E-state index contributed by atoms with van der Waals surface area (Å²) in [7, 11) is 0. The molecule has 0 radical (unpaired) electrons. The number of aromatic hydroxyl groups is 2. The van der Waals surface area contributed by atoms with Crippen molar-refractivity contribution < 1.29 is 10.2 Å². The summed E-state index contributed by atoms with van der Waals surface area (Å²) in [6.07, 6.45) is 4.50. The zero-order valence-corrected chi connectivity index (χ0v) is 12.0. The maximum Gasteiger partial charge on any atom is 0.157 e. The van der Waals surface area contributed by atoms with Crippen LogP contribution in [0.4, 0.5) is 0 Å². The smallest absolute Gasteiger partial charge is 0.157 e. The summed E-state index contributed by atoms with van der Waals surface area (Å²) >= 11 is 0. The summed E-state index contributed by atoms with van der Waals surface area (Å²) in [4.78, 5) is 2.52. The van der Waals surface area contributed by atoms with Gasteiger partial charge in [0.25, 0.3) is 0 Å². The van der Waals surface area contributed by atoms with Crippen molar-refractivity contribution in [3.05, 3.63) is 23.3 Å². The van der Waals surface area contributed by atoms with Crippen LogP contribution in [0.1, 0.15) is 50.2 Å². The molecule has 0 saturated heterocycles. The fourth-order valence-electron chi connectivity index (χ4n) is 3.15. The summed E-state index contributed by atoms with van der Waals surface area (Å²) in [6, 6.07) is 3.49. The minimum Gasteiger partial charge on any atom is -0.504 e. The average Bonchev–Trinajstić information content (AvgIpc) is 2.73. The number of rotatable bonds is 6. The molecule has 19 heavy (non-hydrogen) atoms. The summed E-state index contributed by atoms with van der Waals surface area (Å²) in [6.45, 7) is 7.79. The Bertz CT molecular complexity index is 425. The zero-order chi connectivity index (χ0) is 13.8. The van der Waals surface area contributed by atoms with Gasteiger partial charge in [-0.15, -0.1) is 0 Å². The fraction of sp³-hybridized carbons (Fsp3) is 0.625. The van der Waals surface area contributed by atoms with E-state index in [0.29, 0.717) is 5.92 Å². The van der Waals surface area contributed by atoms with Gasteiger partial charge >= 0.3 is 0 Å². The summed E-state index contributed by atoms with van der Waals surface area (Å²) in [5.41, 5.74) is 2.43. The molecular weight excluding hydrogens is 238 g/mol. The lowest BCUT2D eigenvalue weighted by Crippen LogP contribution is -2.29. The maximum atomic E-state index is 9.68. The van der Waals surface area contributed by atoms with Crippen LogP contribution in [-0.4, -0.2) is 34.7 Å². The second-order valence-corrected chi connectivity index (χ2v) is 5.58.